The predicted octanol–water partition coefficient (Wildman–Crippen LogP) is 4.47. The van der Waals surface area contributed by atoms with Crippen LogP contribution in [0.5, 0.6) is 5.75 Å². The lowest BCUT2D eigenvalue weighted by Crippen LogP contribution is -2.34. The molecule has 1 unspecified atom stereocenters. The quantitative estimate of drug-likeness (QED) is 0.456. The third-order valence-electron chi connectivity index (χ3n) is 5.75. The number of anilines is 1. The smallest absolute Gasteiger partial charge is 0.233 e. The summed E-state index contributed by atoms with van der Waals surface area (Å²) in [7, 11) is 0. The molecule has 1 saturated heterocycles. The summed E-state index contributed by atoms with van der Waals surface area (Å²) in [4.78, 5) is 23.4. The summed E-state index contributed by atoms with van der Waals surface area (Å²) >= 11 is 0. The van der Waals surface area contributed by atoms with Crippen molar-refractivity contribution < 1.29 is 9.53 Å². The Morgan fingerprint density at radius 3 is 2.83 bits per heavy atom. The fourth-order valence-electron chi connectivity index (χ4n) is 4.10. The highest BCUT2D eigenvalue weighted by molar-refractivity contribution is 6.16. The van der Waals surface area contributed by atoms with Gasteiger partial charge in [-0.3, -0.25) is 9.69 Å². The van der Waals surface area contributed by atoms with E-state index in [0.717, 1.165) is 23.4 Å². The number of amides is 1. The topological polar surface area (TPSA) is 97.8 Å². The van der Waals surface area contributed by atoms with Crippen LogP contribution >= 0.6 is 0 Å². The third kappa shape index (κ3) is 5.78. The Morgan fingerprint density at radius 1 is 1.29 bits per heavy atom. The molecule has 2 heterocycles. The van der Waals surface area contributed by atoms with Crippen LogP contribution in [0.1, 0.15) is 31.4 Å². The molecule has 4 rings (SSSR count). The first-order chi connectivity index (χ1) is 17.1. The van der Waals surface area contributed by atoms with Crippen molar-refractivity contribution in [2.24, 2.45) is 10.7 Å². The third-order valence-corrected chi connectivity index (χ3v) is 5.75. The number of aromatic nitrogens is 2. The molecule has 0 bridgehead atoms. The van der Waals surface area contributed by atoms with Gasteiger partial charge in [-0.05, 0) is 24.1 Å². The number of nitrogens with two attached hydrogens (primary N) is 1. The average molecular weight is 471 g/mol. The molecule has 3 aromatic rings. The number of nitrogens with zero attached hydrogens (tertiary/aromatic N) is 4. The molecule has 35 heavy (non-hydrogen) atoms. The molecular weight excluding hydrogens is 440 g/mol. The van der Waals surface area contributed by atoms with Gasteiger partial charge in [0.15, 0.2) is 0 Å². The first kappa shape index (κ1) is 23.8. The normalized spacial score (nSPS) is 16.6. The van der Waals surface area contributed by atoms with Crippen LogP contribution in [0.2, 0.25) is 0 Å². The number of hydrogen-bond donors (Lipinski definition) is 2. The first-order valence-electron chi connectivity index (χ1n) is 11.6. The van der Waals surface area contributed by atoms with Gasteiger partial charge in [0.1, 0.15) is 24.0 Å². The first-order valence-corrected chi connectivity index (χ1v) is 11.6. The molecular formula is C27H30N6O2. The second kappa shape index (κ2) is 11.2. The maximum absolute atomic E-state index is 13.0. The van der Waals surface area contributed by atoms with Gasteiger partial charge in [-0.2, -0.15) is 0 Å². The lowest BCUT2D eigenvalue weighted by Gasteiger charge is -2.28. The van der Waals surface area contributed by atoms with Crippen molar-refractivity contribution in [3.63, 3.8) is 0 Å². The van der Waals surface area contributed by atoms with Gasteiger partial charge in [0, 0.05) is 35.9 Å². The van der Waals surface area contributed by atoms with Crippen molar-refractivity contribution in [1.82, 2.24) is 14.5 Å². The fourth-order valence-corrected chi connectivity index (χ4v) is 4.10. The van der Waals surface area contributed by atoms with Gasteiger partial charge in [0.05, 0.1) is 25.3 Å². The number of aliphatic imine (C=N–C) groups is 1. The van der Waals surface area contributed by atoms with Crippen LogP contribution in [0.25, 0.3) is 0 Å². The van der Waals surface area contributed by atoms with Crippen molar-refractivity contribution in [2.75, 3.05) is 11.9 Å². The van der Waals surface area contributed by atoms with Crippen molar-refractivity contribution in [2.45, 2.75) is 32.4 Å². The van der Waals surface area contributed by atoms with E-state index in [4.69, 9.17) is 15.5 Å². The minimum absolute atomic E-state index is 0.0303. The van der Waals surface area contributed by atoms with Crippen LogP contribution in [-0.2, 0) is 11.3 Å². The SMILES string of the molecule is C=C(N=C1/C(=C\N)CC(=O)N1C(CC)c1ccccc1)Nc1cccc(OCCn2ccnc2)c1. The molecule has 180 valence electrons. The van der Waals surface area contributed by atoms with Gasteiger partial charge in [0.25, 0.3) is 0 Å². The monoisotopic (exact) mass is 470 g/mol. The highest BCUT2D eigenvalue weighted by Crippen LogP contribution is 2.33. The van der Waals surface area contributed by atoms with E-state index in [9.17, 15) is 4.79 Å². The molecule has 8 heteroatoms. The van der Waals surface area contributed by atoms with Crippen molar-refractivity contribution in [1.29, 1.82) is 0 Å². The summed E-state index contributed by atoms with van der Waals surface area (Å²) in [6, 6.07) is 17.4. The number of rotatable bonds is 10. The number of benzene rings is 2. The van der Waals surface area contributed by atoms with Crippen molar-refractivity contribution in [3.05, 3.63) is 103 Å². The molecule has 1 aliphatic heterocycles. The highest BCUT2D eigenvalue weighted by atomic mass is 16.5. The zero-order chi connectivity index (χ0) is 24.6. The van der Waals surface area contributed by atoms with E-state index in [1.54, 1.807) is 17.4 Å². The number of imidazole rings is 1. The van der Waals surface area contributed by atoms with Crippen molar-refractivity contribution in [3.8, 4) is 5.75 Å². The van der Waals surface area contributed by atoms with E-state index in [0.29, 0.717) is 30.4 Å². The van der Waals surface area contributed by atoms with Crippen LogP contribution in [0.3, 0.4) is 0 Å². The standard InChI is InChI=1S/C27H30N6O2/c1-3-25(21-8-5-4-6-9-21)33-26(34)16-22(18-28)27(33)31-20(2)30-23-10-7-11-24(17-23)35-15-14-32-13-12-29-19-32/h4-13,17-19,25,30H,2-3,14-16,28H2,1H3/b22-18-,31-27?. The minimum atomic E-state index is -0.139. The number of amidine groups is 1. The Morgan fingerprint density at radius 2 is 2.11 bits per heavy atom. The zero-order valence-corrected chi connectivity index (χ0v) is 19.8. The molecule has 3 N–H and O–H groups in total. The lowest BCUT2D eigenvalue weighted by molar-refractivity contribution is -0.127. The largest absolute Gasteiger partial charge is 0.492 e. The molecule has 1 atom stereocenters. The van der Waals surface area contributed by atoms with Gasteiger partial charge in [0.2, 0.25) is 5.91 Å². The van der Waals surface area contributed by atoms with E-state index >= 15 is 0 Å². The van der Waals surface area contributed by atoms with Gasteiger partial charge in [-0.1, -0.05) is 49.9 Å². The maximum atomic E-state index is 13.0. The summed E-state index contributed by atoms with van der Waals surface area (Å²) in [5.41, 5.74) is 8.38. The molecule has 0 radical (unpaired) electrons. The Balaban J connectivity index is 1.49. The van der Waals surface area contributed by atoms with Gasteiger partial charge in [-0.25, -0.2) is 9.98 Å². The predicted molar refractivity (Wildman–Crippen MR) is 138 cm³/mol. The van der Waals surface area contributed by atoms with E-state index in [-0.39, 0.29) is 18.4 Å². The minimum Gasteiger partial charge on any atom is -0.492 e. The number of carbonyl (C=O) groups is 1. The number of nitrogens with one attached hydrogen (secondary N) is 1. The Labute approximate surface area is 205 Å². The fraction of sp³-hybridized carbons (Fsp3) is 0.222. The number of likely N-dealkylation sites (tertiary alicyclic amines) is 1. The van der Waals surface area contributed by atoms with Crippen LogP contribution in [0.4, 0.5) is 5.69 Å². The average Bonchev–Trinajstić information content (AvgIpc) is 3.49. The zero-order valence-electron chi connectivity index (χ0n) is 19.8. The van der Waals surface area contributed by atoms with Crippen LogP contribution < -0.4 is 15.8 Å². The maximum Gasteiger partial charge on any atom is 0.233 e. The summed E-state index contributed by atoms with van der Waals surface area (Å²) in [5.74, 6) is 1.62. The molecule has 8 nitrogen and oxygen atoms in total. The van der Waals surface area contributed by atoms with E-state index in [1.165, 1.54) is 6.20 Å². The Bertz CT molecular complexity index is 1220. The number of ether oxygens (including phenoxy) is 1. The number of carbonyl (C=O) groups excluding carboxylic acids is 1. The van der Waals surface area contributed by atoms with Crippen LogP contribution in [0.15, 0.2) is 102 Å². The summed E-state index contributed by atoms with van der Waals surface area (Å²) in [5, 5.41) is 3.21. The van der Waals surface area contributed by atoms with Gasteiger partial charge in [-0.15, -0.1) is 0 Å². The van der Waals surface area contributed by atoms with Gasteiger partial charge < -0.3 is 20.4 Å². The molecule has 0 aliphatic carbocycles. The molecule has 0 saturated carbocycles. The summed E-state index contributed by atoms with van der Waals surface area (Å²) < 4.78 is 7.82. The van der Waals surface area contributed by atoms with Crippen LogP contribution in [-0.4, -0.2) is 32.8 Å². The van der Waals surface area contributed by atoms with E-state index in [1.807, 2.05) is 65.4 Å². The van der Waals surface area contributed by atoms with E-state index < -0.39 is 0 Å². The van der Waals surface area contributed by atoms with Crippen LogP contribution in [0, 0.1) is 0 Å². The summed E-state index contributed by atoms with van der Waals surface area (Å²) in [6.45, 7) is 7.34. The molecule has 2 aromatic carbocycles. The van der Waals surface area contributed by atoms with E-state index in [2.05, 4.69) is 23.8 Å². The molecule has 1 fully saturated rings. The second-order valence-electron chi connectivity index (χ2n) is 8.15. The molecule has 0 spiro atoms. The molecule has 1 amide bonds. The molecule has 1 aromatic heterocycles. The second-order valence-corrected chi connectivity index (χ2v) is 8.15. The van der Waals surface area contributed by atoms with Crippen molar-refractivity contribution >= 4 is 17.4 Å². The van der Waals surface area contributed by atoms with Gasteiger partial charge >= 0.3 is 0 Å². The molecule has 1 aliphatic rings. The Kier molecular flexibility index (Phi) is 7.62. The highest BCUT2D eigenvalue weighted by Gasteiger charge is 2.37. The Hall–Kier alpha value is -4.33. The number of hydrogen-bond acceptors (Lipinski definition) is 6. The summed E-state index contributed by atoms with van der Waals surface area (Å²) in [6.07, 6.45) is 7.80. The lowest BCUT2D eigenvalue weighted by atomic mass is 10.0.